The number of ether oxygens (including phenoxy) is 3. The minimum atomic E-state index is -3.97. The van der Waals surface area contributed by atoms with Gasteiger partial charge in [-0.25, -0.2) is 18.2 Å². The zero-order chi connectivity index (χ0) is 36.8. The minimum Gasteiger partial charge on any atom is -0.497 e. The summed E-state index contributed by atoms with van der Waals surface area (Å²) in [6.45, 7) is 6.79. The number of amides is 4. The lowest BCUT2D eigenvalue weighted by molar-refractivity contribution is -0.141. The number of aromatic nitrogens is 1. The highest BCUT2D eigenvalue weighted by Gasteiger charge is 2.63. The first kappa shape index (κ1) is 36.9. The normalized spacial score (nSPS) is 28.6. The monoisotopic (exact) mass is 745 g/mol. The largest absolute Gasteiger partial charge is 0.497 e. The number of nitrogens with one attached hydrogen (secondary N) is 3. The van der Waals surface area contributed by atoms with Crippen molar-refractivity contribution in [1.29, 1.82) is 0 Å². The second-order valence-corrected chi connectivity index (χ2v) is 18.4. The third-order valence-electron chi connectivity index (χ3n) is 10.0. The lowest BCUT2D eigenvalue weighted by atomic mass is 10.0. The predicted molar refractivity (Wildman–Crippen MR) is 190 cm³/mol. The fraction of sp³-hybridized carbons (Fsp3) is 0.629. The number of rotatable bonds is 7. The van der Waals surface area contributed by atoms with Crippen LogP contribution in [0.25, 0.3) is 10.2 Å². The quantitative estimate of drug-likeness (QED) is 0.351. The molecule has 14 nitrogen and oxygen atoms in total. The third-order valence-corrected chi connectivity index (χ3v) is 13.1. The molecular weight excluding hydrogens is 699 g/mol. The average Bonchev–Trinajstić information content (AvgIpc) is 3.86. The van der Waals surface area contributed by atoms with E-state index >= 15 is 0 Å². The maximum atomic E-state index is 14.4. The Morgan fingerprint density at radius 3 is 2.61 bits per heavy atom. The van der Waals surface area contributed by atoms with Crippen LogP contribution < -0.4 is 24.8 Å². The van der Waals surface area contributed by atoms with E-state index in [9.17, 15) is 27.6 Å². The van der Waals surface area contributed by atoms with E-state index in [1.165, 1.54) is 16.2 Å². The highest BCUT2D eigenvalue weighted by atomic mass is 32.2. The molecule has 5 atom stereocenters. The van der Waals surface area contributed by atoms with Crippen LogP contribution in [0.5, 0.6) is 10.9 Å². The van der Waals surface area contributed by atoms with Crippen LogP contribution >= 0.6 is 11.3 Å². The molecule has 1 saturated heterocycles. The summed E-state index contributed by atoms with van der Waals surface area (Å²) in [4.78, 5) is 61.3. The van der Waals surface area contributed by atoms with Crippen molar-refractivity contribution in [2.75, 3.05) is 13.7 Å². The van der Waals surface area contributed by atoms with Gasteiger partial charge in [-0.05, 0) is 84.4 Å². The first-order chi connectivity index (χ1) is 24.0. The van der Waals surface area contributed by atoms with Crippen molar-refractivity contribution in [2.24, 2.45) is 5.92 Å². The highest BCUT2D eigenvalue weighted by molar-refractivity contribution is 7.91. The Kier molecular flexibility index (Phi) is 10.0. The van der Waals surface area contributed by atoms with Crippen LogP contribution in [-0.4, -0.2) is 89.8 Å². The summed E-state index contributed by atoms with van der Waals surface area (Å²) >= 11 is 1.30. The highest BCUT2D eigenvalue weighted by Crippen LogP contribution is 2.47. The second kappa shape index (κ2) is 13.9. The predicted octanol–water partition coefficient (Wildman–Crippen LogP) is 3.94. The summed E-state index contributed by atoms with van der Waals surface area (Å²) in [5, 5.41) is 5.96. The molecule has 1 aromatic heterocycles. The van der Waals surface area contributed by atoms with Crippen LogP contribution in [0.2, 0.25) is 0 Å². The molecule has 3 heterocycles. The van der Waals surface area contributed by atoms with Crippen LogP contribution in [-0.2, 0) is 29.1 Å². The number of carbonyl (C=O) groups is 4. The SMILES string of the molecule is COc1ccc2nc(O[C@@H]3C[C@H]4C(=O)N[C@]5(C(=O)NS(=O)(=O)C6(C)CC6)C[C@@H]5/C=C\CCCCC[C@H](NC(=O)OC(C)(C)C)C(=O)N4C3)sc2c1. The van der Waals surface area contributed by atoms with Crippen molar-refractivity contribution in [2.45, 2.75) is 120 Å². The Bertz CT molecular complexity index is 1830. The van der Waals surface area contributed by atoms with E-state index in [4.69, 9.17) is 14.2 Å². The molecular formula is C35H47N5O9S2. The summed E-state index contributed by atoms with van der Waals surface area (Å²) in [6, 6.07) is 3.38. The van der Waals surface area contributed by atoms with E-state index in [-0.39, 0.29) is 19.4 Å². The lowest BCUT2D eigenvalue weighted by Gasteiger charge is -2.30. The van der Waals surface area contributed by atoms with E-state index in [2.05, 4.69) is 20.3 Å². The Morgan fingerprint density at radius 2 is 1.90 bits per heavy atom. The van der Waals surface area contributed by atoms with E-state index in [1.807, 2.05) is 24.3 Å². The van der Waals surface area contributed by atoms with Gasteiger partial charge in [0, 0.05) is 12.3 Å². The van der Waals surface area contributed by atoms with Crippen LogP contribution in [0.4, 0.5) is 4.79 Å². The number of allylic oxidation sites excluding steroid dienone is 1. The maximum Gasteiger partial charge on any atom is 0.408 e. The summed E-state index contributed by atoms with van der Waals surface area (Å²) < 4.78 is 45.3. The van der Waals surface area contributed by atoms with Gasteiger partial charge in [0.1, 0.15) is 35.1 Å². The molecule has 2 aliphatic heterocycles. The van der Waals surface area contributed by atoms with E-state index in [0.717, 1.165) is 17.5 Å². The zero-order valence-electron chi connectivity index (χ0n) is 29.7. The van der Waals surface area contributed by atoms with Crippen molar-refractivity contribution in [3.05, 3.63) is 30.4 Å². The molecule has 1 aromatic carbocycles. The molecule has 51 heavy (non-hydrogen) atoms. The maximum absolute atomic E-state index is 14.4. The molecule has 2 saturated carbocycles. The van der Waals surface area contributed by atoms with Gasteiger partial charge in [0.05, 0.1) is 28.6 Å². The van der Waals surface area contributed by atoms with Crippen LogP contribution in [0, 0.1) is 5.92 Å². The van der Waals surface area contributed by atoms with Crippen LogP contribution in [0.3, 0.4) is 0 Å². The number of sulfonamides is 1. The summed E-state index contributed by atoms with van der Waals surface area (Å²) in [6.07, 6.45) is 6.81. The van der Waals surface area contributed by atoms with Crippen molar-refractivity contribution in [1.82, 2.24) is 25.2 Å². The van der Waals surface area contributed by atoms with E-state index in [1.54, 1.807) is 40.9 Å². The summed E-state index contributed by atoms with van der Waals surface area (Å²) in [5.74, 6) is -1.64. The Balaban J connectivity index is 1.29. The number of nitrogens with zero attached hydrogens (tertiary/aromatic N) is 2. The Labute approximate surface area is 302 Å². The molecule has 4 amide bonds. The molecule has 3 fully saturated rings. The van der Waals surface area contributed by atoms with Crippen molar-refractivity contribution in [3.8, 4) is 10.9 Å². The first-order valence-electron chi connectivity index (χ1n) is 17.5. The van der Waals surface area contributed by atoms with Gasteiger partial charge in [0.2, 0.25) is 21.8 Å². The molecule has 6 rings (SSSR count). The van der Waals surface area contributed by atoms with Gasteiger partial charge in [0.25, 0.3) is 11.1 Å². The molecule has 0 unspecified atom stereocenters. The average molecular weight is 746 g/mol. The summed E-state index contributed by atoms with van der Waals surface area (Å²) in [5.41, 5.74) is -1.59. The number of alkyl carbamates (subject to hydrolysis) is 1. The van der Waals surface area contributed by atoms with Crippen molar-refractivity contribution >= 4 is 55.4 Å². The second-order valence-electron chi connectivity index (χ2n) is 15.2. The Hall–Kier alpha value is -3.92. The standard InChI is InChI=1S/C35H47N5O9S2/c1-33(2,3)49-31(44)36-25-12-10-8-6-7-9-11-21-19-35(21,30(43)39-51(45,46)34(4)15-16-34)38-28(41)26-17-23(20-40(26)29(25)42)48-32-37-24-14-13-22(47-5)18-27(24)50-32/h9,11,13-14,18,21,23,25-26H,6-8,10,12,15-17,19-20H2,1-5H3,(H,36,44)(H,38,41)(H,39,43)/b11-9-/t21-,23+,25-,26-,35+/m0/s1. The number of hydrogen-bond acceptors (Lipinski definition) is 11. The third kappa shape index (κ3) is 8.11. The number of fused-ring (bicyclic) bond motifs is 3. The van der Waals surface area contributed by atoms with Crippen molar-refractivity contribution in [3.63, 3.8) is 0 Å². The minimum absolute atomic E-state index is 0.0118. The van der Waals surface area contributed by atoms with Crippen molar-refractivity contribution < 1.29 is 41.8 Å². The number of carbonyl (C=O) groups excluding carboxylic acids is 4. The van der Waals surface area contributed by atoms with Gasteiger partial charge < -0.3 is 29.7 Å². The zero-order valence-corrected chi connectivity index (χ0v) is 31.3. The van der Waals surface area contributed by atoms with Gasteiger partial charge >= 0.3 is 6.09 Å². The van der Waals surface area contributed by atoms with E-state index in [0.29, 0.717) is 48.6 Å². The van der Waals surface area contributed by atoms with Gasteiger partial charge in [-0.2, -0.15) is 0 Å². The summed E-state index contributed by atoms with van der Waals surface area (Å²) in [7, 11) is -2.40. The van der Waals surface area contributed by atoms with Crippen LogP contribution in [0.15, 0.2) is 30.4 Å². The molecule has 278 valence electrons. The molecule has 2 aromatic rings. The lowest BCUT2D eigenvalue weighted by Crippen LogP contribution is -2.58. The molecule has 0 spiro atoms. The number of hydrogen-bond donors (Lipinski definition) is 3. The fourth-order valence-electron chi connectivity index (χ4n) is 6.60. The van der Waals surface area contributed by atoms with Gasteiger partial charge in [-0.3, -0.25) is 19.1 Å². The molecule has 16 heteroatoms. The van der Waals surface area contributed by atoms with Gasteiger partial charge in [-0.15, -0.1) is 0 Å². The Morgan fingerprint density at radius 1 is 1.14 bits per heavy atom. The number of thiazole rings is 1. The molecule has 3 N–H and O–H groups in total. The van der Waals surface area contributed by atoms with Gasteiger partial charge in [0.15, 0.2) is 0 Å². The van der Waals surface area contributed by atoms with Gasteiger partial charge in [-0.1, -0.05) is 36.3 Å². The molecule has 4 aliphatic rings. The number of benzene rings is 1. The fourth-order valence-corrected chi connectivity index (χ4v) is 8.82. The molecule has 2 aliphatic carbocycles. The number of methoxy groups -OCH3 is 1. The molecule has 0 radical (unpaired) electrons. The van der Waals surface area contributed by atoms with Crippen LogP contribution in [0.1, 0.15) is 85.5 Å². The molecule has 0 bridgehead atoms. The van der Waals surface area contributed by atoms with E-state index < -0.39 is 73.8 Å². The smallest absolute Gasteiger partial charge is 0.408 e. The first-order valence-corrected chi connectivity index (χ1v) is 19.8. The topological polar surface area (TPSA) is 182 Å².